The van der Waals surface area contributed by atoms with Crippen molar-refractivity contribution in [2.75, 3.05) is 16.0 Å². The predicted molar refractivity (Wildman–Crippen MR) is 127 cm³/mol. The van der Waals surface area contributed by atoms with Crippen molar-refractivity contribution in [3.8, 4) is 0 Å². The van der Waals surface area contributed by atoms with Gasteiger partial charge >= 0.3 is 12.0 Å². The summed E-state index contributed by atoms with van der Waals surface area (Å²) in [5, 5.41) is 25.4. The Morgan fingerprint density at radius 2 is 1.76 bits per heavy atom. The number of amides is 3. The maximum Gasteiger partial charge on any atom is 0.356 e. The van der Waals surface area contributed by atoms with Crippen LogP contribution in [0.15, 0.2) is 48.7 Å². The molecule has 12 heteroatoms. The van der Waals surface area contributed by atoms with E-state index in [1.54, 1.807) is 36.5 Å². The van der Waals surface area contributed by atoms with E-state index in [9.17, 15) is 19.5 Å². The molecule has 0 saturated heterocycles. The monoisotopic (exact) mass is 481 g/mol. The molecule has 0 saturated carbocycles. The van der Waals surface area contributed by atoms with E-state index in [0.717, 1.165) is 10.9 Å². The number of hydrogen-bond acceptors (Lipinski definition) is 5. The molecule has 34 heavy (non-hydrogen) atoms. The Morgan fingerprint density at radius 3 is 2.53 bits per heavy atom. The smallest absolute Gasteiger partial charge is 0.356 e. The Bertz CT molecular complexity index is 1350. The summed E-state index contributed by atoms with van der Waals surface area (Å²) in [6.45, 7) is 0. The first-order chi connectivity index (χ1) is 16.4. The van der Waals surface area contributed by atoms with Crippen LogP contribution in [0.3, 0.4) is 0 Å². The molecule has 0 spiro atoms. The summed E-state index contributed by atoms with van der Waals surface area (Å²) in [5.41, 5.74) is 1.76. The Morgan fingerprint density at radius 1 is 1.00 bits per heavy atom. The Hall–Kier alpha value is -4.38. The number of aryl methyl sites for hydroxylation is 1. The number of carbonyl (C=O) groups excluding carboxylic acids is 2. The zero-order chi connectivity index (χ0) is 24.1. The first kappa shape index (κ1) is 22.8. The number of aromatic amines is 2. The highest BCUT2D eigenvalue weighted by Gasteiger charge is 2.19. The molecular formula is C22H20ClN7O4. The minimum absolute atomic E-state index is 0.119. The van der Waals surface area contributed by atoms with Gasteiger partial charge in [-0.15, -0.1) is 0 Å². The van der Waals surface area contributed by atoms with E-state index in [1.807, 2.05) is 12.1 Å². The van der Waals surface area contributed by atoms with Crippen LogP contribution in [-0.2, 0) is 11.2 Å². The van der Waals surface area contributed by atoms with Crippen molar-refractivity contribution in [1.82, 2.24) is 20.2 Å². The summed E-state index contributed by atoms with van der Waals surface area (Å²) in [6.07, 6.45) is 2.60. The highest BCUT2D eigenvalue weighted by atomic mass is 35.5. The van der Waals surface area contributed by atoms with E-state index < -0.39 is 12.0 Å². The van der Waals surface area contributed by atoms with E-state index in [-0.39, 0.29) is 23.8 Å². The third kappa shape index (κ3) is 5.70. The lowest BCUT2D eigenvalue weighted by molar-refractivity contribution is -0.116. The third-order valence-electron chi connectivity index (χ3n) is 4.84. The second kappa shape index (κ2) is 10.0. The number of carbonyl (C=O) groups is 3. The van der Waals surface area contributed by atoms with Gasteiger partial charge in [-0.25, -0.2) is 14.6 Å². The average molecular weight is 482 g/mol. The van der Waals surface area contributed by atoms with Crippen LogP contribution >= 0.6 is 11.6 Å². The molecule has 0 fully saturated rings. The van der Waals surface area contributed by atoms with Crippen LogP contribution in [0.25, 0.3) is 10.9 Å². The Labute approximate surface area is 197 Å². The van der Waals surface area contributed by atoms with Gasteiger partial charge in [0.1, 0.15) is 5.82 Å². The minimum atomic E-state index is -1.27. The Balaban J connectivity index is 1.31. The first-order valence-corrected chi connectivity index (χ1v) is 10.6. The normalized spacial score (nSPS) is 10.7. The van der Waals surface area contributed by atoms with Crippen molar-refractivity contribution >= 4 is 57.6 Å². The summed E-state index contributed by atoms with van der Waals surface area (Å²) in [4.78, 5) is 42.9. The fourth-order valence-electron chi connectivity index (χ4n) is 3.25. The maximum atomic E-state index is 12.3. The largest absolute Gasteiger partial charge is 0.476 e. The van der Waals surface area contributed by atoms with E-state index in [4.69, 9.17) is 11.6 Å². The first-order valence-electron chi connectivity index (χ1n) is 10.3. The molecule has 0 radical (unpaired) electrons. The molecule has 4 aromatic rings. The van der Waals surface area contributed by atoms with Crippen LogP contribution in [0.2, 0.25) is 5.02 Å². The number of urea groups is 1. The lowest BCUT2D eigenvalue weighted by atomic mass is 10.2. The third-order valence-corrected chi connectivity index (χ3v) is 5.09. The number of benzene rings is 2. The van der Waals surface area contributed by atoms with Crippen molar-refractivity contribution in [3.05, 3.63) is 65.2 Å². The van der Waals surface area contributed by atoms with Gasteiger partial charge in [-0.2, -0.15) is 5.10 Å². The number of aromatic carboxylic acids is 1. The minimum Gasteiger partial charge on any atom is -0.476 e. The molecule has 174 valence electrons. The molecule has 2 aromatic carbocycles. The summed E-state index contributed by atoms with van der Waals surface area (Å²) in [6, 6.07) is 11.2. The second-order valence-electron chi connectivity index (χ2n) is 7.37. The van der Waals surface area contributed by atoms with Gasteiger partial charge in [-0.1, -0.05) is 11.6 Å². The molecule has 2 heterocycles. The Kier molecular flexibility index (Phi) is 6.74. The SMILES string of the molecule is O=C(CCCc1nc(NC(=O)Nc2ccc(Cl)cc2)c(C(=O)O)[nH]1)Nc1ccc2[nH]ncc2c1. The van der Waals surface area contributed by atoms with Crippen LogP contribution in [-0.4, -0.2) is 43.2 Å². The van der Waals surface area contributed by atoms with Gasteiger partial charge in [0.25, 0.3) is 0 Å². The van der Waals surface area contributed by atoms with Crippen LogP contribution in [0.4, 0.5) is 22.0 Å². The van der Waals surface area contributed by atoms with Crippen molar-refractivity contribution < 1.29 is 19.5 Å². The van der Waals surface area contributed by atoms with Gasteiger partial charge in [0.2, 0.25) is 5.91 Å². The number of imidazole rings is 1. The van der Waals surface area contributed by atoms with Crippen LogP contribution in [0, 0.1) is 0 Å². The van der Waals surface area contributed by atoms with E-state index in [0.29, 0.717) is 35.1 Å². The van der Waals surface area contributed by atoms with Crippen molar-refractivity contribution in [2.45, 2.75) is 19.3 Å². The number of nitrogens with one attached hydrogen (secondary N) is 5. The number of nitrogens with zero attached hydrogens (tertiary/aromatic N) is 2. The van der Waals surface area contributed by atoms with E-state index in [2.05, 4.69) is 36.1 Å². The molecule has 4 rings (SSSR count). The van der Waals surface area contributed by atoms with Crippen LogP contribution in [0.1, 0.15) is 29.2 Å². The molecule has 0 atom stereocenters. The van der Waals surface area contributed by atoms with Gasteiger partial charge < -0.3 is 20.7 Å². The molecule has 3 amide bonds. The number of aromatic nitrogens is 4. The summed E-state index contributed by atoms with van der Waals surface area (Å²) in [7, 11) is 0. The van der Waals surface area contributed by atoms with Gasteiger partial charge in [0.15, 0.2) is 11.5 Å². The number of hydrogen-bond donors (Lipinski definition) is 6. The summed E-state index contributed by atoms with van der Waals surface area (Å²) in [5.74, 6) is -1.24. The number of halogens is 1. The van der Waals surface area contributed by atoms with Gasteiger partial charge in [-0.05, 0) is 48.9 Å². The van der Waals surface area contributed by atoms with E-state index >= 15 is 0 Å². The van der Waals surface area contributed by atoms with Crippen molar-refractivity contribution in [2.24, 2.45) is 0 Å². The number of H-pyrrole nitrogens is 2. The zero-order valence-electron chi connectivity index (χ0n) is 17.7. The number of carboxylic acid groups (broad SMARTS) is 1. The quantitative estimate of drug-likeness (QED) is 0.220. The number of anilines is 3. The standard InChI is InChI=1S/C22H20ClN7O4/c23-13-4-6-14(7-5-13)26-22(34)29-20-19(21(32)33)27-17(28-20)2-1-3-18(31)25-15-8-9-16-12(10-15)11-24-30-16/h4-11H,1-3H2,(H,24,30)(H,25,31)(H,27,28)(H,32,33)(H2,26,29,34). The fraction of sp³-hybridized carbons (Fsp3) is 0.136. The van der Waals surface area contributed by atoms with Gasteiger partial charge in [-0.3, -0.25) is 15.2 Å². The summed E-state index contributed by atoms with van der Waals surface area (Å²) >= 11 is 5.82. The number of carboxylic acids is 1. The number of rotatable bonds is 8. The van der Waals surface area contributed by atoms with Gasteiger partial charge in [0.05, 0.1) is 11.7 Å². The molecule has 2 aromatic heterocycles. The second-order valence-corrected chi connectivity index (χ2v) is 7.81. The molecule has 0 unspecified atom stereocenters. The maximum absolute atomic E-state index is 12.3. The topological polar surface area (TPSA) is 165 Å². The fourth-order valence-corrected chi connectivity index (χ4v) is 3.38. The predicted octanol–water partition coefficient (Wildman–Crippen LogP) is 4.24. The molecule has 0 bridgehead atoms. The lowest BCUT2D eigenvalue weighted by Crippen LogP contribution is -2.21. The molecule has 0 aliphatic rings. The van der Waals surface area contributed by atoms with Crippen LogP contribution in [0.5, 0.6) is 0 Å². The lowest BCUT2D eigenvalue weighted by Gasteiger charge is -2.06. The zero-order valence-corrected chi connectivity index (χ0v) is 18.4. The van der Waals surface area contributed by atoms with Gasteiger partial charge in [0, 0.05) is 34.6 Å². The molecule has 0 aliphatic carbocycles. The molecule has 6 N–H and O–H groups in total. The summed E-state index contributed by atoms with van der Waals surface area (Å²) < 4.78 is 0. The average Bonchev–Trinajstić information content (AvgIpc) is 3.42. The van der Waals surface area contributed by atoms with Crippen molar-refractivity contribution in [3.63, 3.8) is 0 Å². The van der Waals surface area contributed by atoms with Crippen LogP contribution < -0.4 is 16.0 Å². The van der Waals surface area contributed by atoms with E-state index in [1.165, 1.54) is 0 Å². The van der Waals surface area contributed by atoms with Crippen molar-refractivity contribution in [1.29, 1.82) is 0 Å². The molecule has 0 aliphatic heterocycles. The highest BCUT2D eigenvalue weighted by Crippen LogP contribution is 2.19. The number of fused-ring (bicyclic) bond motifs is 1. The highest BCUT2D eigenvalue weighted by molar-refractivity contribution is 6.30. The molecule has 11 nitrogen and oxygen atoms in total. The molecular weight excluding hydrogens is 462 g/mol.